The highest BCUT2D eigenvalue weighted by Gasteiger charge is 2.74. The van der Waals surface area contributed by atoms with Gasteiger partial charge >= 0.3 is 23.9 Å². The number of carboxylic acid groups (broad SMARTS) is 1. The summed E-state index contributed by atoms with van der Waals surface area (Å²) < 4.78 is 16.8. The summed E-state index contributed by atoms with van der Waals surface area (Å²) >= 11 is 0. The Labute approximate surface area is 273 Å². The molecule has 4 fully saturated rings. The number of ether oxygens (including phenoxy) is 3. The maximum Gasteiger partial charge on any atom is 0.331 e. The van der Waals surface area contributed by atoms with Crippen molar-refractivity contribution in [3.05, 3.63) is 11.1 Å². The van der Waals surface area contributed by atoms with Gasteiger partial charge < -0.3 is 29.5 Å². The van der Waals surface area contributed by atoms with Crippen molar-refractivity contribution in [3.63, 3.8) is 0 Å². The second-order valence-corrected chi connectivity index (χ2v) is 15.7. The van der Waals surface area contributed by atoms with Gasteiger partial charge in [0.2, 0.25) is 0 Å². The Balaban J connectivity index is 1.84. The van der Waals surface area contributed by atoms with Crippen LogP contribution in [0.3, 0.4) is 0 Å². The van der Waals surface area contributed by atoms with E-state index in [0.717, 1.165) is 6.42 Å². The van der Waals surface area contributed by atoms with E-state index in [4.69, 9.17) is 14.2 Å². The lowest BCUT2D eigenvalue weighted by atomic mass is 9.35. The van der Waals surface area contributed by atoms with E-state index in [-0.39, 0.29) is 36.5 Å². The molecule has 0 aromatic heterocycles. The lowest BCUT2D eigenvalue weighted by Crippen LogP contribution is -2.72. The van der Waals surface area contributed by atoms with Gasteiger partial charge in [-0.25, -0.2) is 4.79 Å². The van der Waals surface area contributed by atoms with Crippen LogP contribution in [-0.2, 0) is 33.4 Å². The van der Waals surface area contributed by atoms with E-state index >= 15 is 0 Å². The third-order valence-corrected chi connectivity index (χ3v) is 12.9. The second kappa shape index (κ2) is 13.6. The van der Waals surface area contributed by atoms with Crippen molar-refractivity contribution >= 4 is 23.9 Å². The van der Waals surface area contributed by atoms with E-state index in [0.29, 0.717) is 62.0 Å². The van der Waals surface area contributed by atoms with Crippen LogP contribution in [-0.4, -0.2) is 70.7 Å². The number of hydrogen-bond donors (Lipinski definition) is 3. The first-order chi connectivity index (χ1) is 21.4. The molecule has 0 amide bonds. The number of carbonyl (C=O) groups excluding carboxylic acids is 3. The van der Waals surface area contributed by atoms with E-state index < -0.39 is 64.5 Å². The summed E-state index contributed by atoms with van der Waals surface area (Å²) in [6.45, 7) is 13.8. The maximum atomic E-state index is 13.2. The molecule has 0 bridgehead atoms. The summed E-state index contributed by atoms with van der Waals surface area (Å²) in [6, 6.07) is 0. The van der Waals surface area contributed by atoms with Crippen LogP contribution in [0.4, 0.5) is 0 Å². The Kier molecular flexibility index (Phi) is 10.7. The third kappa shape index (κ3) is 6.13. The van der Waals surface area contributed by atoms with Gasteiger partial charge in [0.05, 0.1) is 32.2 Å². The minimum Gasteiger partial charge on any atom is -0.478 e. The highest BCUT2D eigenvalue weighted by Crippen LogP contribution is 2.74. The van der Waals surface area contributed by atoms with Gasteiger partial charge in [0.1, 0.15) is 12.2 Å². The molecule has 0 saturated heterocycles. The molecule has 4 rings (SSSR count). The fourth-order valence-electron chi connectivity index (χ4n) is 10.6. The van der Waals surface area contributed by atoms with Crippen LogP contribution in [0.25, 0.3) is 0 Å². The van der Waals surface area contributed by atoms with Gasteiger partial charge in [0.15, 0.2) is 0 Å². The minimum atomic E-state index is -1.15. The molecule has 11 atom stereocenters. The molecular formula is C36H56O10. The third-order valence-electron chi connectivity index (χ3n) is 12.9. The first-order valence-corrected chi connectivity index (χ1v) is 17.2. The Hall–Kier alpha value is -2.46. The first kappa shape index (κ1) is 36.4. The van der Waals surface area contributed by atoms with Gasteiger partial charge in [-0.2, -0.15) is 0 Å². The number of rotatable bonds is 10. The Bertz CT molecular complexity index is 1230. The molecule has 0 spiro atoms. The summed E-state index contributed by atoms with van der Waals surface area (Å²) in [4.78, 5) is 50.3. The first-order valence-electron chi connectivity index (χ1n) is 17.2. The molecule has 260 valence electrons. The Morgan fingerprint density at radius 2 is 1.61 bits per heavy atom. The predicted molar refractivity (Wildman–Crippen MR) is 169 cm³/mol. The van der Waals surface area contributed by atoms with Crippen LogP contribution in [0.15, 0.2) is 11.1 Å². The summed E-state index contributed by atoms with van der Waals surface area (Å²) in [5.74, 6) is -3.11. The maximum absolute atomic E-state index is 13.2. The zero-order valence-corrected chi connectivity index (χ0v) is 29.0. The van der Waals surface area contributed by atoms with Crippen molar-refractivity contribution in [1.82, 2.24) is 0 Å². The Morgan fingerprint density at radius 3 is 2.20 bits per heavy atom. The molecule has 10 heteroatoms. The molecule has 0 aromatic carbocycles. The van der Waals surface area contributed by atoms with E-state index in [9.17, 15) is 34.5 Å². The van der Waals surface area contributed by atoms with Gasteiger partial charge in [-0.15, -0.1) is 0 Å². The number of aliphatic hydroxyl groups is 2. The van der Waals surface area contributed by atoms with Gasteiger partial charge in [-0.3, -0.25) is 14.4 Å². The number of carboxylic acids is 1. The lowest BCUT2D eigenvalue weighted by molar-refractivity contribution is -0.288. The highest BCUT2D eigenvalue weighted by atomic mass is 16.6. The van der Waals surface area contributed by atoms with Crippen molar-refractivity contribution in [3.8, 4) is 0 Å². The average Bonchev–Trinajstić information content (AvgIpc) is 3.26. The highest BCUT2D eigenvalue weighted by molar-refractivity contribution is 5.88. The van der Waals surface area contributed by atoms with E-state index in [1.54, 1.807) is 0 Å². The van der Waals surface area contributed by atoms with Gasteiger partial charge in [0.25, 0.3) is 0 Å². The lowest BCUT2D eigenvalue weighted by Gasteiger charge is -2.70. The van der Waals surface area contributed by atoms with E-state index in [1.807, 2.05) is 13.8 Å². The van der Waals surface area contributed by atoms with Crippen LogP contribution in [0.5, 0.6) is 0 Å². The zero-order valence-electron chi connectivity index (χ0n) is 29.0. The van der Waals surface area contributed by atoms with E-state index in [1.165, 1.54) is 14.0 Å². The molecule has 0 aliphatic heterocycles. The zero-order chi connectivity index (χ0) is 34.4. The second-order valence-electron chi connectivity index (χ2n) is 15.7. The van der Waals surface area contributed by atoms with Crippen LogP contribution >= 0.6 is 0 Å². The Morgan fingerprint density at radius 1 is 0.957 bits per heavy atom. The molecule has 46 heavy (non-hydrogen) atoms. The molecule has 3 N–H and O–H groups in total. The fraction of sp³-hybridized carbons (Fsp3) is 0.833. The minimum absolute atomic E-state index is 0.0345. The van der Waals surface area contributed by atoms with Crippen molar-refractivity contribution < 1.29 is 48.7 Å². The molecule has 4 aliphatic carbocycles. The van der Waals surface area contributed by atoms with Crippen molar-refractivity contribution in [2.24, 2.45) is 45.8 Å². The van der Waals surface area contributed by atoms with Crippen molar-refractivity contribution in [2.75, 3.05) is 7.11 Å². The van der Waals surface area contributed by atoms with Crippen LogP contribution < -0.4 is 0 Å². The van der Waals surface area contributed by atoms with Gasteiger partial charge in [0, 0.05) is 23.8 Å². The SMILES string of the molecule is COC(=O)CCC(=O)OC1C2C(C)C(O)CCC2(C)C2CCC3/C(=C(\CCCC(C)C)C(=O)O)C(OC(C)=O)CC3(C)C2(C)C1O. The number of aliphatic hydroxyl groups excluding tert-OH is 2. The topological polar surface area (TPSA) is 157 Å². The molecule has 4 aliphatic rings. The number of hydrogen-bond acceptors (Lipinski definition) is 9. The van der Waals surface area contributed by atoms with E-state index in [2.05, 4.69) is 27.7 Å². The normalized spacial score (nSPS) is 41.1. The monoisotopic (exact) mass is 648 g/mol. The number of carbonyl (C=O) groups is 4. The molecular weight excluding hydrogens is 592 g/mol. The van der Waals surface area contributed by atoms with Crippen LogP contribution in [0, 0.1) is 45.8 Å². The smallest absolute Gasteiger partial charge is 0.331 e. The number of methoxy groups -OCH3 is 1. The number of fused-ring (bicyclic) bond motifs is 5. The molecule has 4 saturated carbocycles. The molecule has 0 heterocycles. The quantitative estimate of drug-likeness (QED) is 0.163. The summed E-state index contributed by atoms with van der Waals surface area (Å²) in [5, 5.41) is 34.1. The predicted octanol–water partition coefficient (Wildman–Crippen LogP) is 5.22. The molecule has 10 nitrogen and oxygen atoms in total. The summed E-state index contributed by atoms with van der Waals surface area (Å²) in [5.41, 5.74) is -1.01. The molecule has 0 aromatic rings. The molecule has 11 unspecified atom stereocenters. The number of aliphatic carboxylic acids is 1. The summed E-state index contributed by atoms with van der Waals surface area (Å²) in [6.07, 6.45) is 1.13. The van der Waals surface area contributed by atoms with Crippen LogP contribution in [0.1, 0.15) is 113 Å². The standard InChI is InChI=1S/C36H56O10/c1-19(2)10-9-11-22(33(42)43)29-23-12-13-26-34(5)17-16-24(38)20(3)30(34)31(46-28(40)15-14-27(39)44-8)32(41)36(26,7)35(23,6)18-25(29)45-21(4)37/h19-20,23-26,30-32,38,41H,9-18H2,1-8H3,(H,42,43)/b29-22-. The van der Waals surface area contributed by atoms with Crippen molar-refractivity contribution in [1.29, 1.82) is 0 Å². The van der Waals surface area contributed by atoms with Crippen LogP contribution in [0.2, 0.25) is 0 Å². The average molecular weight is 649 g/mol. The van der Waals surface area contributed by atoms with Gasteiger partial charge in [-0.05, 0) is 85.0 Å². The summed E-state index contributed by atoms with van der Waals surface area (Å²) in [7, 11) is 1.25. The van der Waals surface area contributed by atoms with Crippen molar-refractivity contribution in [2.45, 2.75) is 137 Å². The fourth-order valence-corrected chi connectivity index (χ4v) is 10.6. The largest absolute Gasteiger partial charge is 0.478 e. The van der Waals surface area contributed by atoms with Gasteiger partial charge in [-0.1, -0.05) is 48.0 Å². The molecule has 0 radical (unpaired) electrons. The number of esters is 3.